The van der Waals surface area contributed by atoms with E-state index in [1.54, 1.807) is 6.07 Å². The van der Waals surface area contributed by atoms with Crippen molar-refractivity contribution < 1.29 is 10.2 Å². The molecule has 0 aliphatic heterocycles. The van der Waals surface area contributed by atoms with Gasteiger partial charge in [-0.05, 0) is 23.8 Å². The van der Waals surface area contributed by atoms with E-state index in [0.717, 1.165) is 10.0 Å². The molecule has 0 saturated heterocycles. The van der Waals surface area contributed by atoms with Crippen molar-refractivity contribution in [1.82, 2.24) is 0 Å². The molecule has 0 amide bonds. The second-order valence-corrected chi connectivity index (χ2v) is 4.69. The monoisotopic (exact) mass is 293 g/mol. The SMILES string of the molecule is Nc1cc(O)ccc1C(O)c1cccc(Br)c1. The second-order valence-electron chi connectivity index (χ2n) is 3.77. The van der Waals surface area contributed by atoms with Crippen LogP contribution in [0.15, 0.2) is 46.9 Å². The van der Waals surface area contributed by atoms with Crippen LogP contribution >= 0.6 is 15.9 Å². The smallest absolute Gasteiger partial charge is 0.117 e. The van der Waals surface area contributed by atoms with Crippen molar-refractivity contribution in [1.29, 1.82) is 0 Å². The highest BCUT2D eigenvalue weighted by atomic mass is 79.9. The van der Waals surface area contributed by atoms with Gasteiger partial charge in [-0.3, -0.25) is 0 Å². The van der Waals surface area contributed by atoms with Gasteiger partial charge < -0.3 is 15.9 Å². The first kappa shape index (κ1) is 12.0. The number of rotatable bonds is 2. The molecule has 2 rings (SSSR count). The molecule has 88 valence electrons. The Hall–Kier alpha value is -1.52. The summed E-state index contributed by atoms with van der Waals surface area (Å²) in [6.07, 6.45) is -0.798. The molecule has 2 aromatic rings. The Labute approximate surface area is 108 Å². The van der Waals surface area contributed by atoms with Gasteiger partial charge in [-0.25, -0.2) is 0 Å². The van der Waals surface area contributed by atoms with E-state index in [1.807, 2.05) is 24.3 Å². The van der Waals surface area contributed by atoms with Crippen molar-refractivity contribution in [2.45, 2.75) is 6.10 Å². The number of nitrogens with two attached hydrogens (primary N) is 1. The van der Waals surface area contributed by atoms with Gasteiger partial charge in [0, 0.05) is 21.8 Å². The maximum Gasteiger partial charge on any atom is 0.117 e. The molecule has 0 aromatic heterocycles. The third kappa shape index (κ3) is 2.60. The van der Waals surface area contributed by atoms with Crippen molar-refractivity contribution in [2.24, 2.45) is 0 Å². The Kier molecular flexibility index (Phi) is 3.36. The number of aliphatic hydroxyl groups excluding tert-OH is 1. The summed E-state index contributed by atoms with van der Waals surface area (Å²) in [7, 11) is 0. The van der Waals surface area contributed by atoms with Crippen LogP contribution < -0.4 is 5.73 Å². The molecule has 0 radical (unpaired) electrons. The summed E-state index contributed by atoms with van der Waals surface area (Å²) >= 11 is 3.35. The standard InChI is InChI=1S/C13H12BrNO2/c14-9-3-1-2-8(6-9)13(17)11-5-4-10(16)7-12(11)15/h1-7,13,16-17H,15H2. The first-order valence-electron chi connectivity index (χ1n) is 5.10. The van der Waals surface area contributed by atoms with Crippen LogP contribution in [0.25, 0.3) is 0 Å². The number of aliphatic hydroxyl groups is 1. The lowest BCUT2D eigenvalue weighted by Gasteiger charge is -2.14. The average Bonchev–Trinajstić information content (AvgIpc) is 2.28. The van der Waals surface area contributed by atoms with Gasteiger partial charge in [0.1, 0.15) is 11.9 Å². The van der Waals surface area contributed by atoms with Gasteiger partial charge in [-0.15, -0.1) is 0 Å². The van der Waals surface area contributed by atoms with Crippen molar-refractivity contribution in [3.63, 3.8) is 0 Å². The van der Waals surface area contributed by atoms with E-state index in [9.17, 15) is 10.2 Å². The zero-order valence-electron chi connectivity index (χ0n) is 8.97. The van der Waals surface area contributed by atoms with Crippen molar-refractivity contribution in [2.75, 3.05) is 5.73 Å². The number of anilines is 1. The van der Waals surface area contributed by atoms with Crippen LogP contribution in [0.1, 0.15) is 17.2 Å². The minimum Gasteiger partial charge on any atom is -0.508 e. The molecule has 4 heteroatoms. The van der Waals surface area contributed by atoms with Crippen LogP contribution in [0.3, 0.4) is 0 Å². The van der Waals surface area contributed by atoms with Gasteiger partial charge in [0.2, 0.25) is 0 Å². The lowest BCUT2D eigenvalue weighted by molar-refractivity contribution is 0.221. The number of hydrogen-bond donors (Lipinski definition) is 3. The molecule has 0 bridgehead atoms. The fourth-order valence-corrected chi connectivity index (χ4v) is 2.08. The normalized spacial score (nSPS) is 12.4. The van der Waals surface area contributed by atoms with Gasteiger partial charge in [-0.1, -0.05) is 34.1 Å². The number of nitrogen functional groups attached to an aromatic ring is 1. The molecule has 0 aliphatic carbocycles. The summed E-state index contributed by atoms with van der Waals surface area (Å²) in [5, 5.41) is 19.5. The summed E-state index contributed by atoms with van der Waals surface area (Å²) in [6, 6.07) is 11.9. The van der Waals surface area contributed by atoms with Gasteiger partial charge >= 0.3 is 0 Å². The van der Waals surface area contributed by atoms with E-state index in [-0.39, 0.29) is 5.75 Å². The summed E-state index contributed by atoms with van der Waals surface area (Å²) in [4.78, 5) is 0. The number of hydrogen-bond acceptors (Lipinski definition) is 3. The predicted molar refractivity (Wildman–Crippen MR) is 70.7 cm³/mol. The highest BCUT2D eigenvalue weighted by Crippen LogP contribution is 2.30. The number of benzene rings is 2. The Morgan fingerprint density at radius 1 is 1.12 bits per heavy atom. The van der Waals surface area contributed by atoms with E-state index in [2.05, 4.69) is 15.9 Å². The molecule has 0 saturated carbocycles. The summed E-state index contributed by atoms with van der Waals surface area (Å²) in [5.74, 6) is 0.0905. The molecular formula is C13H12BrNO2. The topological polar surface area (TPSA) is 66.5 Å². The maximum absolute atomic E-state index is 10.2. The molecule has 1 unspecified atom stereocenters. The molecule has 0 fully saturated rings. The van der Waals surface area contributed by atoms with E-state index < -0.39 is 6.10 Å². The van der Waals surface area contributed by atoms with Crippen LogP contribution in [0, 0.1) is 0 Å². The molecule has 0 aliphatic rings. The molecule has 1 atom stereocenters. The summed E-state index contributed by atoms with van der Waals surface area (Å²) in [5.41, 5.74) is 7.47. The number of aromatic hydroxyl groups is 1. The van der Waals surface area contributed by atoms with Crippen LogP contribution in [0.2, 0.25) is 0 Å². The van der Waals surface area contributed by atoms with E-state index in [0.29, 0.717) is 11.3 Å². The minimum absolute atomic E-state index is 0.0905. The summed E-state index contributed by atoms with van der Waals surface area (Å²) in [6.45, 7) is 0. The third-order valence-electron chi connectivity index (χ3n) is 2.53. The van der Waals surface area contributed by atoms with Crippen molar-refractivity contribution in [3.8, 4) is 5.75 Å². The van der Waals surface area contributed by atoms with Gasteiger partial charge in [0.25, 0.3) is 0 Å². The molecule has 2 aromatic carbocycles. The largest absolute Gasteiger partial charge is 0.508 e. The second kappa shape index (κ2) is 4.77. The average molecular weight is 294 g/mol. The zero-order valence-corrected chi connectivity index (χ0v) is 10.6. The van der Waals surface area contributed by atoms with Crippen molar-refractivity contribution >= 4 is 21.6 Å². The van der Waals surface area contributed by atoms with Gasteiger partial charge in [0.05, 0.1) is 0 Å². The molecule has 3 nitrogen and oxygen atoms in total. The Balaban J connectivity index is 2.40. The molecule has 0 heterocycles. The quantitative estimate of drug-likeness (QED) is 0.746. The Morgan fingerprint density at radius 3 is 2.53 bits per heavy atom. The Morgan fingerprint density at radius 2 is 1.88 bits per heavy atom. The fraction of sp³-hybridized carbons (Fsp3) is 0.0769. The Bertz CT molecular complexity index is 543. The highest BCUT2D eigenvalue weighted by Gasteiger charge is 2.13. The van der Waals surface area contributed by atoms with E-state index in [1.165, 1.54) is 12.1 Å². The number of halogens is 1. The zero-order chi connectivity index (χ0) is 12.4. The van der Waals surface area contributed by atoms with Crippen LogP contribution in [0.4, 0.5) is 5.69 Å². The predicted octanol–water partition coefficient (Wildman–Crippen LogP) is 2.82. The first-order valence-corrected chi connectivity index (χ1v) is 5.89. The van der Waals surface area contributed by atoms with Crippen molar-refractivity contribution in [3.05, 3.63) is 58.1 Å². The van der Waals surface area contributed by atoms with Gasteiger partial charge in [-0.2, -0.15) is 0 Å². The third-order valence-corrected chi connectivity index (χ3v) is 3.02. The van der Waals surface area contributed by atoms with Crippen LogP contribution in [0.5, 0.6) is 5.75 Å². The molecule has 17 heavy (non-hydrogen) atoms. The molecule has 0 spiro atoms. The first-order chi connectivity index (χ1) is 8.08. The summed E-state index contributed by atoms with van der Waals surface area (Å²) < 4.78 is 0.895. The molecular weight excluding hydrogens is 282 g/mol. The van der Waals surface area contributed by atoms with Gasteiger partial charge in [0.15, 0.2) is 0 Å². The van der Waals surface area contributed by atoms with Crippen LogP contribution in [-0.2, 0) is 0 Å². The lowest BCUT2D eigenvalue weighted by Crippen LogP contribution is -2.03. The lowest BCUT2D eigenvalue weighted by atomic mass is 10.00. The minimum atomic E-state index is -0.798. The van der Waals surface area contributed by atoms with E-state index >= 15 is 0 Å². The number of phenolic OH excluding ortho intramolecular Hbond substituents is 1. The number of phenols is 1. The van der Waals surface area contributed by atoms with Crippen LogP contribution in [-0.4, -0.2) is 10.2 Å². The fourth-order valence-electron chi connectivity index (χ4n) is 1.67. The van der Waals surface area contributed by atoms with E-state index in [4.69, 9.17) is 5.73 Å². The highest BCUT2D eigenvalue weighted by molar-refractivity contribution is 9.10. The maximum atomic E-state index is 10.2. The molecule has 4 N–H and O–H groups in total.